The molecule has 222 valence electrons. The van der Waals surface area contributed by atoms with Gasteiger partial charge >= 0.3 is 19.3 Å². The van der Waals surface area contributed by atoms with Crippen LogP contribution in [0.5, 0.6) is 5.75 Å². The lowest BCUT2D eigenvalue weighted by Crippen LogP contribution is -2.51. The quantitative estimate of drug-likeness (QED) is 0.293. The molecule has 15 heteroatoms. The summed E-state index contributed by atoms with van der Waals surface area (Å²) in [7, 11) is -4.33. The van der Waals surface area contributed by atoms with Crippen molar-refractivity contribution in [2.75, 3.05) is 18.6 Å². The average Bonchev–Trinajstić information content (AvgIpc) is 3.12. The van der Waals surface area contributed by atoms with Crippen LogP contribution in [0, 0.1) is 11.7 Å². The van der Waals surface area contributed by atoms with Crippen molar-refractivity contribution in [2.45, 2.75) is 70.4 Å². The molecule has 0 aliphatic carbocycles. The van der Waals surface area contributed by atoms with Gasteiger partial charge in [-0.2, -0.15) is 4.98 Å². The SMILES string of the molecule is CC(C)OC(=O)[C@H](C)C[P@@](=O)(Oc1ccccc1)OC(C)(C)[C@H]1O[C@@H](n2cc(F)c(N)nc2=O)C(F)(CF)[C@H]1O. The Morgan fingerprint density at radius 2 is 1.93 bits per heavy atom. The molecule has 1 aliphatic rings. The number of ether oxygens (including phenoxy) is 2. The van der Waals surface area contributed by atoms with Gasteiger partial charge in [-0.05, 0) is 39.8 Å². The van der Waals surface area contributed by atoms with Crippen LogP contribution in [-0.4, -0.2) is 63.0 Å². The summed E-state index contributed by atoms with van der Waals surface area (Å²) < 4.78 is 80.8. The van der Waals surface area contributed by atoms with Gasteiger partial charge in [-0.1, -0.05) is 25.1 Å². The predicted octanol–water partition coefficient (Wildman–Crippen LogP) is 3.56. The first-order chi connectivity index (χ1) is 18.5. The van der Waals surface area contributed by atoms with Crippen LogP contribution >= 0.6 is 7.60 Å². The van der Waals surface area contributed by atoms with E-state index in [-0.39, 0.29) is 5.75 Å². The summed E-state index contributed by atoms with van der Waals surface area (Å²) in [5.41, 5.74) is -1.14. The minimum Gasteiger partial charge on any atom is -0.463 e. The van der Waals surface area contributed by atoms with Gasteiger partial charge in [-0.15, -0.1) is 0 Å². The number of benzene rings is 1. The summed E-state index contributed by atoms with van der Waals surface area (Å²) in [6, 6.07) is 7.87. The van der Waals surface area contributed by atoms with Gasteiger partial charge in [0.25, 0.3) is 0 Å². The highest BCUT2D eigenvalue weighted by Gasteiger charge is 2.63. The first kappa shape index (κ1) is 31.6. The Morgan fingerprint density at radius 3 is 2.50 bits per heavy atom. The van der Waals surface area contributed by atoms with E-state index in [9.17, 15) is 28.0 Å². The van der Waals surface area contributed by atoms with E-state index < -0.39 is 85.5 Å². The van der Waals surface area contributed by atoms with Crippen LogP contribution in [0.1, 0.15) is 40.8 Å². The number of aliphatic hydroxyl groups excluding tert-OH is 1. The van der Waals surface area contributed by atoms with Crippen LogP contribution in [0.3, 0.4) is 0 Å². The van der Waals surface area contributed by atoms with Crippen molar-refractivity contribution in [1.29, 1.82) is 0 Å². The van der Waals surface area contributed by atoms with Gasteiger partial charge in [0, 0.05) is 0 Å². The molecule has 1 unspecified atom stereocenters. The van der Waals surface area contributed by atoms with E-state index >= 15 is 4.39 Å². The molecule has 6 atom stereocenters. The predicted molar refractivity (Wildman–Crippen MR) is 138 cm³/mol. The Balaban J connectivity index is 1.97. The third-order valence-corrected chi connectivity index (χ3v) is 8.39. The number of rotatable bonds is 11. The fraction of sp³-hybridized carbons (Fsp3) is 0.560. The molecule has 2 aromatic rings. The molecule has 2 heterocycles. The monoisotopic (exact) mass is 591 g/mol. The summed E-state index contributed by atoms with van der Waals surface area (Å²) in [6.07, 6.45) is -6.71. The summed E-state index contributed by atoms with van der Waals surface area (Å²) in [6.45, 7) is 5.42. The van der Waals surface area contributed by atoms with E-state index in [1.807, 2.05) is 0 Å². The van der Waals surface area contributed by atoms with Crippen molar-refractivity contribution < 1.29 is 46.2 Å². The number of hydrogen-bond donors (Lipinski definition) is 2. The van der Waals surface area contributed by atoms with Gasteiger partial charge in [0.05, 0.1) is 24.4 Å². The number of carbonyl (C=O) groups is 1. The molecule has 11 nitrogen and oxygen atoms in total. The maximum absolute atomic E-state index is 15.9. The minimum atomic E-state index is -4.33. The number of anilines is 1. The average molecular weight is 592 g/mol. The number of nitrogens with zero attached hydrogens (tertiary/aromatic N) is 2. The number of hydrogen-bond acceptors (Lipinski definition) is 10. The van der Waals surface area contributed by atoms with E-state index in [2.05, 4.69) is 4.98 Å². The molecule has 0 bridgehead atoms. The molecule has 1 aromatic carbocycles. The Hall–Kier alpha value is -2.93. The number of halogens is 3. The molecule has 3 N–H and O–H groups in total. The van der Waals surface area contributed by atoms with Crippen LogP contribution < -0.4 is 15.9 Å². The molecule has 1 saturated heterocycles. The van der Waals surface area contributed by atoms with Crippen molar-refractivity contribution in [3.63, 3.8) is 0 Å². The maximum atomic E-state index is 15.9. The molecule has 0 saturated carbocycles. The highest BCUT2D eigenvalue weighted by atomic mass is 31.2. The number of nitrogen functional groups attached to an aromatic ring is 1. The van der Waals surface area contributed by atoms with Gasteiger partial charge in [0.2, 0.25) is 5.67 Å². The topological polar surface area (TPSA) is 152 Å². The van der Waals surface area contributed by atoms with Crippen molar-refractivity contribution >= 4 is 19.4 Å². The first-order valence-electron chi connectivity index (χ1n) is 12.4. The molecule has 0 amide bonds. The third-order valence-electron chi connectivity index (χ3n) is 6.16. The van der Waals surface area contributed by atoms with Crippen LogP contribution in [-0.2, 0) is 23.4 Å². The highest BCUT2D eigenvalue weighted by molar-refractivity contribution is 7.54. The lowest BCUT2D eigenvalue weighted by atomic mass is 9.89. The molecule has 3 rings (SSSR count). The van der Waals surface area contributed by atoms with Crippen LogP contribution in [0.25, 0.3) is 0 Å². The van der Waals surface area contributed by atoms with E-state index in [0.717, 1.165) is 0 Å². The summed E-state index contributed by atoms with van der Waals surface area (Å²) in [5.74, 6) is -3.52. The molecule has 0 spiro atoms. The van der Waals surface area contributed by atoms with Crippen molar-refractivity contribution in [1.82, 2.24) is 9.55 Å². The van der Waals surface area contributed by atoms with Crippen molar-refractivity contribution in [3.8, 4) is 5.75 Å². The van der Waals surface area contributed by atoms with E-state index in [0.29, 0.717) is 10.8 Å². The number of esters is 1. The second kappa shape index (κ2) is 11.9. The largest absolute Gasteiger partial charge is 0.463 e. The Kier molecular flexibility index (Phi) is 9.40. The van der Waals surface area contributed by atoms with E-state index in [1.165, 1.54) is 32.9 Å². The Morgan fingerprint density at radius 1 is 1.30 bits per heavy atom. The zero-order chi connectivity index (χ0) is 30.0. The number of para-hydroxylation sites is 1. The number of aromatic nitrogens is 2. The highest BCUT2D eigenvalue weighted by Crippen LogP contribution is 2.56. The number of carbonyl (C=O) groups excluding carboxylic acids is 1. The number of alkyl halides is 2. The number of aliphatic hydroxyl groups is 1. The van der Waals surface area contributed by atoms with Crippen molar-refractivity contribution in [3.05, 3.63) is 52.8 Å². The molecule has 1 aliphatic heterocycles. The van der Waals surface area contributed by atoms with E-state index in [1.54, 1.807) is 32.0 Å². The third kappa shape index (κ3) is 6.68. The lowest BCUT2D eigenvalue weighted by molar-refractivity contribution is -0.151. The zero-order valence-corrected chi connectivity index (χ0v) is 23.5. The molecule has 0 radical (unpaired) electrons. The molecule has 40 heavy (non-hydrogen) atoms. The fourth-order valence-corrected chi connectivity index (χ4v) is 6.51. The van der Waals surface area contributed by atoms with Gasteiger partial charge in [0.1, 0.15) is 30.2 Å². The number of nitrogens with two attached hydrogens (primary N) is 1. The summed E-state index contributed by atoms with van der Waals surface area (Å²) >= 11 is 0. The zero-order valence-electron chi connectivity index (χ0n) is 22.6. The standard InChI is InChI=1S/C25H33F3N3O8P/c1-14(2)36-21(33)15(3)12-40(35,38-16-9-7-6-8-10-16)39-24(4,5)19-18(32)25(28,13-26)22(37-19)31-11-17(27)20(29)30-23(31)34/h6-11,14-15,18-19,22,32H,12-13H2,1-5H3,(H2,29,30,34)/t15-,18+,19+,22-,25?,40-/m1/s1. The Bertz CT molecular complexity index is 1310. The second-order valence-electron chi connectivity index (χ2n) is 10.4. The van der Waals surface area contributed by atoms with E-state index in [4.69, 9.17) is 24.3 Å². The summed E-state index contributed by atoms with van der Waals surface area (Å²) in [5, 5.41) is 10.9. The minimum absolute atomic E-state index is 0.121. The summed E-state index contributed by atoms with van der Waals surface area (Å²) in [4.78, 5) is 28.1. The van der Waals surface area contributed by atoms with Crippen LogP contribution in [0.15, 0.2) is 41.3 Å². The smallest absolute Gasteiger partial charge is 0.380 e. The fourth-order valence-electron chi connectivity index (χ4n) is 4.24. The van der Waals surface area contributed by atoms with Crippen LogP contribution in [0.2, 0.25) is 0 Å². The normalized spacial score (nSPS) is 25.4. The second-order valence-corrected chi connectivity index (χ2v) is 12.3. The molecular weight excluding hydrogens is 558 g/mol. The Labute approximate surface area is 228 Å². The molecule has 1 aromatic heterocycles. The van der Waals surface area contributed by atoms with Gasteiger partial charge in [0.15, 0.2) is 17.9 Å². The molecular formula is C25H33F3N3O8P. The van der Waals surface area contributed by atoms with Crippen LogP contribution in [0.4, 0.5) is 19.0 Å². The first-order valence-corrected chi connectivity index (χ1v) is 14.1. The van der Waals surface area contributed by atoms with Gasteiger partial charge < -0.3 is 24.8 Å². The van der Waals surface area contributed by atoms with Crippen molar-refractivity contribution in [2.24, 2.45) is 5.92 Å². The van der Waals surface area contributed by atoms with Gasteiger partial charge in [-0.25, -0.2) is 22.5 Å². The lowest BCUT2D eigenvalue weighted by Gasteiger charge is -2.36. The van der Waals surface area contributed by atoms with Gasteiger partial charge in [-0.3, -0.25) is 13.9 Å². The molecule has 1 fully saturated rings. The maximum Gasteiger partial charge on any atom is 0.380 e.